The highest BCUT2D eigenvalue weighted by Crippen LogP contribution is 2.50. The lowest BCUT2D eigenvalue weighted by atomic mass is 9.60. The number of hydrogen-bond donors (Lipinski definition) is 0. The van der Waals surface area contributed by atoms with Crippen molar-refractivity contribution in [3.63, 3.8) is 0 Å². The van der Waals surface area contributed by atoms with Gasteiger partial charge in [0, 0.05) is 16.9 Å². The molecule has 0 saturated heterocycles. The van der Waals surface area contributed by atoms with Crippen molar-refractivity contribution in [2.45, 2.75) is 58.3 Å². The Morgan fingerprint density at radius 2 is 1.75 bits per heavy atom. The molecule has 1 aliphatic carbocycles. The molecule has 0 heterocycles. The van der Waals surface area contributed by atoms with Crippen molar-refractivity contribution in [2.75, 3.05) is 6.26 Å². The number of carbonyl (C=O) groups is 1. The summed E-state index contributed by atoms with van der Waals surface area (Å²) < 4.78 is 23.4. The summed E-state index contributed by atoms with van der Waals surface area (Å²) in [5.41, 5.74) is 1.17. The maximum atomic E-state index is 12.0. The first kappa shape index (κ1) is 23.2. The molecule has 3 nitrogen and oxygen atoms in total. The van der Waals surface area contributed by atoms with Gasteiger partial charge >= 0.3 is 0 Å². The first-order valence-electron chi connectivity index (χ1n) is 10.3. The van der Waals surface area contributed by atoms with Gasteiger partial charge in [-0.3, -0.25) is 4.79 Å². The van der Waals surface area contributed by atoms with Crippen molar-refractivity contribution in [3.05, 3.63) is 34.9 Å². The van der Waals surface area contributed by atoms with E-state index in [9.17, 15) is 13.2 Å². The molecule has 1 aliphatic rings. The topological polar surface area (TPSA) is 51.2 Å². The molecular weight excluding hydrogens is 392 g/mol. The summed E-state index contributed by atoms with van der Waals surface area (Å²) in [7, 11) is -3.27. The van der Waals surface area contributed by atoms with Crippen LogP contribution in [-0.2, 0) is 14.6 Å². The van der Waals surface area contributed by atoms with E-state index in [0.29, 0.717) is 39.8 Å². The number of halogens is 1. The molecule has 5 heteroatoms. The third kappa shape index (κ3) is 4.88. The van der Waals surface area contributed by atoms with E-state index >= 15 is 0 Å². The number of allylic oxidation sites excluding steroid dienone is 2. The van der Waals surface area contributed by atoms with E-state index in [1.807, 2.05) is 0 Å². The van der Waals surface area contributed by atoms with E-state index in [2.05, 4.69) is 27.7 Å². The van der Waals surface area contributed by atoms with Gasteiger partial charge in [-0.25, -0.2) is 8.42 Å². The van der Waals surface area contributed by atoms with Gasteiger partial charge in [-0.2, -0.15) is 0 Å². The molecule has 1 aromatic carbocycles. The Balaban J connectivity index is 2.48. The highest BCUT2D eigenvalue weighted by molar-refractivity contribution is 7.90. The van der Waals surface area contributed by atoms with Crippen LogP contribution in [0, 0.1) is 29.6 Å². The molecule has 2 rings (SSSR count). The molecule has 0 bridgehead atoms. The van der Waals surface area contributed by atoms with Crippen LogP contribution < -0.4 is 0 Å². The lowest BCUT2D eigenvalue weighted by Gasteiger charge is -2.45. The average molecular weight is 425 g/mol. The zero-order valence-corrected chi connectivity index (χ0v) is 19.2. The number of rotatable bonds is 7. The van der Waals surface area contributed by atoms with Crippen molar-refractivity contribution < 1.29 is 13.2 Å². The van der Waals surface area contributed by atoms with Crippen molar-refractivity contribution in [1.29, 1.82) is 0 Å². The number of sulfone groups is 1. The Morgan fingerprint density at radius 1 is 1.14 bits per heavy atom. The minimum Gasteiger partial charge on any atom is -0.298 e. The molecule has 0 spiro atoms. The smallest absolute Gasteiger partial charge is 0.175 e. The van der Waals surface area contributed by atoms with E-state index in [4.69, 9.17) is 11.6 Å². The first-order valence-corrected chi connectivity index (χ1v) is 12.6. The number of hydrogen-bond acceptors (Lipinski definition) is 3. The summed E-state index contributed by atoms with van der Waals surface area (Å²) in [4.78, 5) is 12.2. The monoisotopic (exact) mass is 424 g/mol. The maximum absolute atomic E-state index is 12.0. The average Bonchev–Trinajstić information content (AvgIpc) is 2.65. The Morgan fingerprint density at radius 3 is 2.21 bits per heavy atom. The zero-order chi connectivity index (χ0) is 21.1. The molecule has 0 amide bonds. The zero-order valence-electron chi connectivity index (χ0n) is 17.6. The molecule has 1 saturated carbocycles. The van der Waals surface area contributed by atoms with E-state index in [0.717, 1.165) is 32.0 Å². The molecule has 0 aliphatic heterocycles. The van der Waals surface area contributed by atoms with Gasteiger partial charge in [0.05, 0.1) is 4.90 Å². The summed E-state index contributed by atoms with van der Waals surface area (Å²) in [6, 6.07) is 6.46. The van der Waals surface area contributed by atoms with Crippen molar-refractivity contribution in [3.8, 4) is 0 Å². The molecule has 0 radical (unpaired) electrons. The van der Waals surface area contributed by atoms with Gasteiger partial charge in [0.2, 0.25) is 0 Å². The van der Waals surface area contributed by atoms with Crippen LogP contribution in [0.25, 0.3) is 5.57 Å². The highest BCUT2D eigenvalue weighted by atomic mass is 35.5. The van der Waals surface area contributed by atoms with Crippen LogP contribution in [0.15, 0.2) is 34.2 Å². The Kier molecular flexibility index (Phi) is 7.92. The summed E-state index contributed by atoms with van der Waals surface area (Å²) in [5.74, 6) is 2.45. The predicted octanol–water partition coefficient (Wildman–Crippen LogP) is 5.97. The molecule has 156 valence electrons. The molecule has 1 aromatic rings. The number of carbonyl (C=O) groups excluding carboxylic acids is 1. The van der Waals surface area contributed by atoms with Gasteiger partial charge in [0.25, 0.3) is 0 Å². The fourth-order valence-corrected chi connectivity index (χ4v) is 5.99. The largest absolute Gasteiger partial charge is 0.298 e. The van der Waals surface area contributed by atoms with E-state index in [1.165, 1.54) is 6.26 Å². The van der Waals surface area contributed by atoms with Crippen LogP contribution in [0.4, 0.5) is 0 Å². The van der Waals surface area contributed by atoms with Crippen LogP contribution in [0.5, 0.6) is 0 Å². The van der Waals surface area contributed by atoms with Crippen LogP contribution in [0.3, 0.4) is 0 Å². The second kappa shape index (κ2) is 9.58. The van der Waals surface area contributed by atoms with Crippen molar-refractivity contribution in [2.24, 2.45) is 29.6 Å². The molecule has 1 fully saturated rings. The van der Waals surface area contributed by atoms with Crippen LogP contribution >= 0.6 is 11.6 Å². The Hall–Kier alpha value is -1.13. The first-order chi connectivity index (χ1) is 13.1. The standard InChI is InChI=1S/C23H33ClO3S/c1-6-8-20-19(7-2)16(4)15(3)13-21(20)23(24)22(14-25)17-9-11-18(12-10-17)28(5,26)27/h9-12,14-16,19-21H,6-8,13H2,1-5H3/b23-22+. The van der Waals surface area contributed by atoms with Gasteiger partial charge in [0.1, 0.15) is 0 Å². The second-order valence-electron chi connectivity index (χ2n) is 8.38. The predicted molar refractivity (Wildman–Crippen MR) is 117 cm³/mol. The summed E-state index contributed by atoms with van der Waals surface area (Å²) in [5, 5.41) is 0.637. The number of aldehydes is 1. The molecule has 0 aromatic heterocycles. The van der Waals surface area contributed by atoms with Crippen LogP contribution in [-0.4, -0.2) is 21.0 Å². The normalized spacial score (nSPS) is 29.3. The minimum atomic E-state index is -3.27. The molecular formula is C23H33ClO3S. The Bertz CT molecular complexity index is 811. The fourth-order valence-electron chi connectivity index (χ4n) is 4.96. The van der Waals surface area contributed by atoms with Gasteiger partial charge in [0.15, 0.2) is 16.1 Å². The van der Waals surface area contributed by atoms with Crippen molar-refractivity contribution >= 4 is 33.3 Å². The quantitative estimate of drug-likeness (QED) is 0.400. The molecule has 0 N–H and O–H groups in total. The molecule has 5 unspecified atom stereocenters. The Labute approximate surface area is 175 Å². The van der Waals surface area contributed by atoms with Crippen LogP contribution in [0.2, 0.25) is 0 Å². The molecule has 28 heavy (non-hydrogen) atoms. The SMILES string of the molecule is CCCC1C(/C(Cl)=C(/C=O)c2ccc(S(C)(=O)=O)cc2)CC(C)C(C)C1CC. The van der Waals surface area contributed by atoms with E-state index < -0.39 is 9.84 Å². The van der Waals surface area contributed by atoms with Gasteiger partial charge < -0.3 is 0 Å². The van der Waals surface area contributed by atoms with Gasteiger partial charge in [-0.05, 0) is 60.1 Å². The lowest BCUT2D eigenvalue weighted by molar-refractivity contribution is -0.103. The molecule has 5 atom stereocenters. The van der Waals surface area contributed by atoms with E-state index in [-0.39, 0.29) is 10.8 Å². The highest BCUT2D eigenvalue weighted by Gasteiger charge is 2.41. The van der Waals surface area contributed by atoms with Crippen LogP contribution in [0.1, 0.15) is 58.9 Å². The van der Waals surface area contributed by atoms with E-state index in [1.54, 1.807) is 24.3 Å². The van der Waals surface area contributed by atoms with Crippen molar-refractivity contribution in [1.82, 2.24) is 0 Å². The van der Waals surface area contributed by atoms with Gasteiger partial charge in [-0.1, -0.05) is 64.3 Å². The third-order valence-electron chi connectivity index (χ3n) is 6.65. The second-order valence-corrected chi connectivity index (χ2v) is 10.8. The third-order valence-corrected chi connectivity index (χ3v) is 8.27. The summed E-state index contributed by atoms with van der Waals surface area (Å²) in [6.07, 6.45) is 6.31. The maximum Gasteiger partial charge on any atom is 0.175 e. The summed E-state index contributed by atoms with van der Waals surface area (Å²) >= 11 is 6.89. The number of benzene rings is 1. The minimum absolute atomic E-state index is 0.174. The lowest BCUT2D eigenvalue weighted by Crippen LogP contribution is -2.38. The fraction of sp³-hybridized carbons (Fsp3) is 0.609. The van der Waals surface area contributed by atoms with Gasteiger partial charge in [-0.15, -0.1) is 0 Å². The summed E-state index contributed by atoms with van der Waals surface area (Å²) in [6.45, 7) is 9.09.